The van der Waals surface area contributed by atoms with Gasteiger partial charge in [0.1, 0.15) is 5.75 Å². The number of benzene rings is 3. The summed E-state index contributed by atoms with van der Waals surface area (Å²) in [5, 5.41) is 0.132. The zero-order valence-corrected chi connectivity index (χ0v) is 18.7. The van der Waals surface area contributed by atoms with Gasteiger partial charge < -0.3 is 9.30 Å². The molecular weight excluding hydrogens is 395 g/mol. The molecule has 4 nitrogen and oxygen atoms in total. The van der Waals surface area contributed by atoms with Crippen LogP contribution in [0.15, 0.2) is 60.7 Å². The van der Waals surface area contributed by atoms with Crippen LogP contribution in [0.1, 0.15) is 43.0 Å². The summed E-state index contributed by atoms with van der Waals surface area (Å²) < 4.78 is 20.0. The minimum Gasteiger partial charge on any atom is -0.496 e. The summed E-state index contributed by atoms with van der Waals surface area (Å²) in [5.74, 6) is 0.264. The number of aryl methyl sites for hydroxylation is 4. The average molecular weight is 420 g/mol. The molecule has 30 heavy (non-hydrogen) atoms. The van der Waals surface area contributed by atoms with E-state index in [4.69, 9.17) is 4.74 Å². The SMILES string of the molecule is COc1ccccc1P(=O)(C(=O)c1c(C)cccc1C)C(=O)c1c(C)cccc1C. The number of rotatable bonds is 6. The largest absolute Gasteiger partial charge is 0.496 e. The third-order valence-corrected chi connectivity index (χ3v) is 8.03. The van der Waals surface area contributed by atoms with E-state index in [0.717, 1.165) is 0 Å². The molecule has 0 fully saturated rings. The minimum atomic E-state index is -4.26. The topological polar surface area (TPSA) is 60.4 Å². The number of methoxy groups -OCH3 is 1. The maximum atomic E-state index is 14.6. The average Bonchev–Trinajstić information content (AvgIpc) is 2.72. The molecule has 0 amide bonds. The lowest BCUT2D eigenvalue weighted by Gasteiger charge is -2.22. The maximum absolute atomic E-state index is 14.6. The fraction of sp³-hybridized carbons (Fsp3) is 0.200. The van der Waals surface area contributed by atoms with Gasteiger partial charge in [0, 0.05) is 11.1 Å². The molecule has 3 aromatic rings. The molecule has 3 rings (SSSR count). The molecule has 0 atom stereocenters. The maximum Gasteiger partial charge on any atom is 0.252 e. The molecule has 0 aromatic heterocycles. The second-order valence-corrected chi connectivity index (χ2v) is 9.94. The smallest absolute Gasteiger partial charge is 0.252 e. The summed E-state index contributed by atoms with van der Waals surface area (Å²) in [6.45, 7) is 7.15. The lowest BCUT2D eigenvalue weighted by molar-refractivity contribution is 0.104. The Balaban J connectivity index is 2.37. The number of hydrogen-bond donors (Lipinski definition) is 0. The van der Waals surface area contributed by atoms with Crippen molar-refractivity contribution >= 4 is 23.5 Å². The van der Waals surface area contributed by atoms with Crippen molar-refractivity contribution in [2.24, 2.45) is 0 Å². The summed E-state index contributed by atoms with van der Waals surface area (Å²) in [5.41, 5.74) is 2.07. The fourth-order valence-corrected chi connectivity index (χ4v) is 6.55. The first-order chi connectivity index (χ1) is 14.2. The number of hydrogen-bond acceptors (Lipinski definition) is 4. The van der Waals surface area contributed by atoms with Crippen LogP contribution in [0.5, 0.6) is 5.75 Å². The van der Waals surface area contributed by atoms with Crippen LogP contribution in [-0.4, -0.2) is 18.2 Å². The highest BCUT2D eigenvalue weighted by Crippen LogP contribution is 2.54. The van der Waals surface area contributed by atoms with E-state index in [9.17, 15) is 14.2 Å². The van der Waals surface area contributed by atoms with E-state index < -0.39 is 18.2 Å². The molecule has 0 heterocycles. The molecule has 0 saturated heterocycles. The van der Waals surface area contributed by atoms with Gasteiger partial charge in [-0.1, -0.05) is 48.5 Å². The van der Waals surface area contributed by atoms with Crippen LogP contribution in [0.3, 0.4) is 0 Å². The van der Waals surface area contributed by atoms with E-state index in [1.807, 2.05) is 12.1 Å². The lowest BCUT2D eigenvalue weighted by Crippen LogP contribution is -2.24. The van der Waals surface area contributed by atoms with Gasteiger partial charge in [0.25, 0.3) is 7.14 Å². The van der Waals surface area contributed by atoms with Crippen LogP contribution in [0.2, 0.25) is 0 Å². The lowest BCUT2D eigenvalue weighted by atomic mass is 10.0. The molecule has 5 heteroatoms. The number of carbonyl (C=O) groups excluding carboxylic acids is 2. The Kier molecular flexibility index (Phi) is 6.09. The Morgan fingerprint density at radius 3 is 1.47 bits per heavy atom. The van der Waals surface area contributed by atoms with Gasteiger partial charge in [0.2, 0.25) is 11.0 Å². The molecule has 0 unspecified atom stereocenters. The molecule has 0 N–H and O–H groups in total. The summed E-state index contributed by atoms with van der Waals surface area (Å²) in [7, 11) is -2.82. The first-order valence-corrected chi connectivity index (χ1v) is 11.4. The van der Waals surface area contributed by atoms with E-state index in [1.54, 1.807) is 76.2 Å². The van der Waals surface area contributed by atoms with Gasteiger partial charge in [-0.2, -0.15) is 0 Å². The van der Waals surface area contributed by atoms with Gasteiger partial charge >= 0.3 is 0 Å². The van der Waals surface area contributed by atoms with Gasteiger partial charge in [0.15, 0.2) is 0 Å². The van der Waals surface area contributed by atoms with E-state index in [0.29, 0.717) is 33.4 Å². The Hall–Kier alpha value is -2.97. The van der Waals surface area contributed by atoms with E-state index in [2.05, 4.69) is 0 Å². The summed E-state index contributed by atoms with van der Waals surface area (Å²) in [6.07, 6.45) is 0. The molecular formula is C25H25O4P. The molecule has 0 radical (unpaired) electrons. The first-order valence-electron chi connectivity index (χ1n) is 9.69. The highest BCUT2D eigenvalue weighted by molar-refractivity contribution is 8.01. The monoisotopic (exact) mass is 420 g/mol. The first kappa shape index (κ1) is 21.7. The van der Waals surface area contributed by atoms with Crippen LogP contribution in [0.25, 0.3) is 0 Å². The number of ether oxygens (including phenoxy) is 1. The summed E-state index contributed by atoms with van der Waals surface area (Å²) >= 11 is 0. The Morgan fingerprint density at radius 2 is 1.07 bits per heavy atom. The number of para-hydroxylation sites is 1. The van der Waals surface area contributed by atoms with E-state index >= 15 is 0 Å². The highest BCUT2D eigenvalue weighted by Gasteiger charge is 2.46. The van der Waals surface area contributed by atoms with Crippen LogP contribution in [-0.2, 0) is 4.57 Å². The minimum absolute atomic E-state index is 0.132. The van der Waals surface area contributed by atoms with E-state index in [1.165, 1.54) is 7.11 Å². The van der Waals surface area contributed by atoms with Crippen LogP contribution in [0.4, 0.5) is 0 Å². The molecule has 0 saturated carbocycles. The molecule has 0 spiro atoms. The third kappa shape index (κ3) is 3.53. The third-order valence-electron chi connectivity index (χ3n) is 5.39. The Morgan fingerprint density at radius 1 is 0.667 bits per heavy atom. The van der Waals surface area contributed by atoms with Gasteiger partial charge in [-0.15, -0.1) is 0 Å². The molecule has 0 aliphatic carbocycles. The van der Waals surface area contributed by atoms with Crippen LogP contribution >= 0.6 is 7.14 Å². The van der Waals surface area contributed by atoms with Crippen molar-refractivity contribution in [3.63, 3.8) is 0 Å². The zero-order valence-electron chi connectivity index (χ0n) is 17.9. The van der Waals surface area contributed by atoms with Crippen molar-refractivity contribution in [3.8, 4) is 5.75 Å². The number of carbonyl (C=O) groups is 2. The molecule has 0 aliphatic heterocycles. The van der Waals surface area contributed by atoms with E-state index in [-0.39, 0.29) is 11.1 Å². The van der Waals surface area contributed by atoms with Crippen LogP contribution in [0, 0.1) is 27.7 Å². The second-order valence-electron chi connectivity index (χ2n) is 7.43. The molecule has 154 valence electrons. The summed E-state index contributed by atoms with van der Waals surface area (Å²) in [6, 6.07) is 17.4. The summed E-state index contributed by atoms with van der Waals surface area (Å²) in [4.78, 5) is 27.7. The molecule has 0 aliphatic rings. The van der Waals surface area contributed by atoms with Gasteiger partial charge in [-0.3, -0.25) is 9.59 Å². The Labute approximate surface area is 177 Å². The van der Waals surface area contributed by atoms with Crippen molar-refractivity contribution in [2.45, 2.75) is 27.7 Å². The van der Waals surface area contributed by atoms with Crippen molar-refractivity contribution in [2.75, 3.05) is 7.11 Å². The van der Waals surface area contributed by atoms with Crippen LogP contribution < -0.4 is 10.0 Å². The normalized spacial score (nSPS) is 11.2. The quantitative estimate of drug-likeness (QED) is 0.487. The fourth-order valence-electron chi connectivity index (χ4n) is 3.82. The van der Waals surface area contributed by atoms with Gasteiger partial charge in [-0.05, 0) is 62.1 Å². The predicted molar refractivity (Wildman–Crippen MR) is 121 cm³/mol. The molecule has 3 aromatic carbocycles. The van der Waals surface area contributed by atoms with Crippen molar-refractivity contribution in [1.82, 2.24) is 0 Å². The van der Waals surface area contributed by atoms with Crippen molar-refractivity contribution in [3.05, 3.63) is 94.0 Å². The standard InChI is InChI=1S/C25H25O4P/c1-16-10-8-11-17(2)22(16)24(26)30(28,21-15-7-6-14-20(21)29-5)25(27)23-18(3)12-9-13-19(23)4/h6-15H,1-5H3. The zero-order chi connectivity index (χ0) is 22.1. The van der Waals surface area contributed by atoms with Gasteiger partial charge in [-0.25, -0.2) is 0 Å². The second kappa shape index (κ2) is 8.41. The molecule has 0 bridgehead atoms. The van der Waals surface area contributed by atoms with Gasteiger partial charge in [0.05, 0.1) is 12.4 Å². The highest BCUT2D eigenvalue weighted by atomic mass is 31.2. The van der Waals surface area contributed by atoms with Crippen molar-refractivity contribution < 1.29 is 18.9 Å². The Bertz CT molecular complexity index is 1090. The predicted octanol–water partition coefficient (Wildman–Crippen LogP) is 5.60. The van der Waals surface area contributed by atoms with Crippen molar-refractivity contribution in [1.29, 1.82) is 0 Å².